The number of hydrogen-bond acceptors (Lipinski definition) is 8. The van der Waals surface area contributed by atoms with Crippen molar-refractivity contribution in [3.05, 3.63) is 46.3 Å². The van der Waals surface area contributed by atoms with E-state index >= 15 is 0 Å². The molecule has 2 aliphatic rings. The second-order valence-corrected chi connectivity index (χ2v) is 7.69. The van der Waals surface area contributed by atoms with Crippen molar-refractivity contribution in [2.75, 3.05) is 20.8 Å². The standard InChI is InChI=1S/C23H27NO7/c1-6-31-23(28)18-12(3)24-14-9-11(2)17(22(27)30-5)21(26)20(14)19(18)13-7-8-15(25)16(10-13)29-4/h7-8,10-11,17,19,24-25H,6,9H2,1-5H3/t11-,17-,19-/m0/s1. The van der Waals surface area contributed by atoms with Crippen LogP contribution in [0.2, 0.25) is 0 Å². The van der Waals surface area contributed by atoms with Gasteiger partial charge in [0.1, 0.15) is 5.92 Å². The van der Waals surface area contributed by atoms with Gasteiger partial charge in [0.25, 0.3) is 0 Å². The Bertz CT molecular complexity index is 992. The fourth-order valence-corrected chi connectivity index (χ4v) is 4.37. The fourth-order valence-electron chi connectivity index (χ4n) is 4.37. The van der Waals surface area contributed by atoms with Crippen LogP contribution in [0.4, 0.5) is 0 Å². The highest BCUT2D eigenvalue weighted by Crippen LogP contribution is 2.46. The zero-order valence-corrected chi connectivity index (χ0v) is 18.3. The molecule has 0 spiro atoms. The number of benzene rings is 1. The summed E-state index contributed by atoms with van der Waals surface area (Å²) in [4.78, 5) is 38.8. The second kappa shape index (κ2) is 8.83. The molecule has 0 aromatic heterocycles. The van der Waals surface area contributed by atoms with E-state index in [0.29, 0.717) is 29.0 Å². The molecule has 3 atom stereocenters. The first kappa shape index (κ1) is 22.4. The van der Waals surface area contributed by atoms with Gasteiger partial charge in [0, 0.05) is 22.9 Å². The van der Waals surface area contributed by atoms with Crippen LogP contribution >= 0.6 is 0 Å². The molecule has 8 heteroatoms. The third-order valence-corrected chi connectivity index (χ3v) is 5.78. The van der Waals surface area contributed by atoms with E-state index in [-0.39, 0.29) is 35.4 Å². The average molecular weight is 429 g/mol. The molecular weight excluding hydrogens is 402 g/mol. The minimum absolute atomic E-state index is 0.0659. The summed E-state index contributed by atoms with van der Waals surface area (Å²) >= 11 is 0. The van der Waals surface area contributed by atoms with Crippen molar-refractivity contribution in [3.63, 3.8) is 0 Å². The zero-order valence-electron chi connectivity index (χ0n) is 18.3. The lowest BCUT2D eigenvalue weighted by Gasteiger charge is -2.38. The number of carbonyl (C=O) groups excluding carboxylic acids is 3. The van der Waals surface area contributed by atoms with Crippen LogP contribution in [0, 0.1) is 11.8 Å². The first-order valence-electron chi connectivity index (χ1n) is 10.1. The molecule has 1 heterocycles. The summed E-state index contributed by atoms with van der Waals surface area (Å²) in [6.45, 7) is 5.45. The zero-order chi connectivity index (χ0) is 22.9. The number of carbonyl (C=O) groups is 3. The minimum Gasteiger partial charge on any atom is -0.504 e. The molecule has 1 aliphatic carbocycles. The summed E-state index contributed by atoms with van der Waals surface area (Å²) in [7, 11) is 2.67. The van der Waals surface area contributed by atoms with Crippen LogP contribution in [0.5, 0.6) is 11.5 Å². The molecule has 8 nitrogen and oxygen atoms in total. The Morgan fingerprint density at radius 1 is 1.26 bits per heavy atom. The molecule has 0 unspecified atom stereocenters. The number of Topliss-reactive ketones (excluding diaryl/α,β-unsaturated/α-hetero) is 1. The van der Waals surface area contributed by atoms with E-state index in [1.165, 1.54) is 20.3 Å². The number of phenolic OH excluding ortho intramolecular Hbond substituents is 1. The van der Waals surface area contributed by atoms with Gasteiger partial charge in [0.2, 0.25) is 0 Å². The topological polar surface area (TPSA) is 111 Å². The van der Waals surface area contributed by atoms with E-state index in [1.807, 2.05) is 6.92 Å². The molecule has 3 rings (SSSR count). The number of dihydropyridines is 1. The van der Waals surface area contributed by atoms with Crippen LogP contribution in [-0.2, 0) is 23.9 Å². The maximum atomic E-state index is 13.6. The highest BCUT2D eigenvalue weighted by molar-refractivity contribution is 6.12. The molecule has 166 valence electrons. The SMILES string of the molecule is CCOC(=O)C1=C(C)NC2=C(C(=O)[C@@H](C(=O)OC)[C@@H](C)C2)[C@H]1c1ccc(O)c(OC)c1. The van der Waals surface area contributed by atoms with Crippen molar-refractivity contribution in [2.24, 2.45) is 11.8 Å². The van der Waals surface area contributed by atoms with E-state index in [0.717, 1.165) is 0 Å². The summed E-state index contributed by atoms with van der Waals surface area (Å²) in [5.41, 5.74) is 2.42. The molecule has 0 bridgehead atoms. The Kier molecular flexibility index (Phi) is 6.38. The molecule has 1 aliphatic heterocycles. The Labute approximate surface area is 180 Å². The molecule has 1 aromatic rings. The Morgan fingerprint density at radius 2 is 1.97 bits per heavy atom. The highest BCUT2D eigenvalue weighted by Gasteiger charge is 2.47. The highest BCUT2D eigenvalue weighted by atomic mass is 16.5. The van der Waals surface area contributed by atoms with Gasteiger partial charge in [0.15, 0.2) is 17.3 Å². The van der Waals surface area contributed by atoms with Crippen molar-refractivity contribution in [1.82, 2.24) is 5.32 Å². The van der Waals surface area contributed by atoms with Crippen LogP contribution in [0.25, 0.3) is 0 Å². The summed E-state index contributed by atoms with van der Waals surface area (Å²) < 4.78 is 15.4. The molecule has 0 saturated carbocycles. The van der Waals surface area contributed by atoms with Gasteiger partial charge >= 0.3 is 11.9 Å². The van der Waals surface area contributed by atoms with Crippen LogP contribution in [0.15, 0.2) is 40.7 Å². The third kappa shape index (κ3) is 3.89. The van der Waals surface area contributed by atoms with E-state index in [9.17, 15) is 19.5 Å². The van der Waals surface area contributed by atoms with E-state index in [2.05, 4.69) is 5.32 Å². The number of rotatable bonds is 5. The molecule has 0 saturated heterocycles. The minimum atomic E-state index is -0.964. The molecule has 1 aromatic carbocycles. The first-order valence-corrected chi connectivity index (χ1v) is 10.1. The van der Waals surface area contributed by atoms with Gasteiger partial charge in [-0.05, 0) is 43.9 Å². The molecule has 0 radical (unpaired) electrons. The van der Waals surface area contributed by atoms with Gasteiger partial charge in [-0.25, -0.2) is 4.79 Å². The van der Waals surface area contributed by atoms with Crippen molar-refractivity contribution in [1.29, 1.82) is 0 Å². The van der Waals surface area contributed by atoms with Crippen LogP contribution in [-0.4, -0.2) is 43.7 Å². The molecule has 2 N–H and O–H groups in total. The van der Waals surface area contributed by atoms with Gasteiger partial charge in [0.05, 0.1) is 26.4 Å². The molecular formula is C23H27NO7. The Hall–Kier alpha value is -3.29. The Morgan fingerprint density at radius 3 is 2.58 bits per heavy atom. The van der Waals surface area contributed by atoms with Gasteiger partial charge in [-0.1, -0.05) is 13.0 Å². The number of aromatic hydroxyl groups is 1. The van der Waals surface area contributed by atoms with Gasteiger partial charge in [-0.2, -0.15) is 0 Å². The lowest BCUT2D eigenvalue weighted by atomic mass is 9.69. The van der Waals surface area contributed by atoms with Crippen LogP contribution in [0.3, 0.4) is 0 Å². The summed E-state index contributed by atoms with van der Waals surface area (Å²) in [6, 6.07) is 4.66. The largest absolute Gasteiger partial charge is 0.504 e. The number of ether oxygens (including phenoxy) is 3. The average Bonchev–Trinajstić information content (AvgIpc) is 2.73. The molecule has 31 heavy (non-hydrogen) atoms. The number of phenols is 1. The lowest BCUT2D eigenvalue weighted by molar-refractivity contribution is -0.151. The number of methoxy groups -OCH3 is 2. The monoisotopic (exact) mass is 429 g/mol. The normalized spacial score (nSPS) is 23.1. The van der Waals surface area contributed by atoms with Crippen molar-refractivity contribution in [3.8, 4) is 11.5 Å². The maximum Gasteiger partial charge on any atom is 0.336 e. The third-order valence-electron chi connectivity index (χ3n) is 5.78. The van der Waals surface area contributed by atoms with E-state index in [1.54, 1.807) is 26.0 Å². The molecule has 0 amide bonds. The second-order valence-electron chi connectivity index (χ2n) is 7.69. The number of esters is 2. The predicted molar refractivity (Wildman–Crippen MR) is 111 cm³/mol. The van der Waals surface area contributed by atoms with Crippen LogP contribution in [0.1, 0.15) is 38.7 Å². The van der Waals surface area contributed by atoms with Gasteiger partial charge < -0.3 is 24.6 Å². The number of ketones is 1. The van der Waals surface area contributed by atoms with Gasteiger partial charge in [-0.15, -0.1) is 0 Å². The van der Waals surface area contributed by atoms with Crippen molar-refractivity contribution in [2.45, 2.75) is 33.1 Å². The number of nitrogens with one attached hydrogen (secondary N) is 1. The van der Waals surface area contributed by atoms with Crippen LogP contribution < -0.4 is 10.1 Å². The summed E-state index contributed by atoms with van der Waals surface area (Å²) in [5, 5.41) is 13.2. The summed E-state index contributed by atoms with van der Waals surface area (Å²) in [6.07, 6.45) is 0.444. The lowest BCUT2D eigenvalue weighted by Crippen LogP contribution is -2.43. The predicted octanol–water partition coefficient (Wildman–Crippen LogP) is 2.58. The maximum absolute atomic E-state index is 13.6. The van der Waals surface area contributed by atoms with E-state index < -0.39 is 23.8 Å². The first-order chi connectivity index (χ1) is 14.7. The van der Waals surface area contributed by atoms with Crippen molar-refractivity contribution >= 4 is 17.7 Å². The van der Waals surface area contributed by atoms with E-state index in [4.69, 9.17) is 14.2 Å². The quantitative estimate of drug-likeness (QED) is 0.543. The Balaban J connectivity index is 2.22. The fraction of sp³-hybridized carbons (Fsp3) is 0.435. The van der Waals surface area contributed by atoms with Crippen molar-refractivity contribution < 1.29 is 33.7 Å². The number of hydrogen-bond donors (Lipinski definition) is 2. The smallest absolute Gasteiger partial charge is 0.336 e. The summed E-state index contributed by atoms with van der Waals surface area (Å²) in [5.74, 6) is -3.42. The number of allylic oxidation sites excluding steroid dienone is 3. The molecule has 0 fully saturated rings. The van der Waals surface area contributed by atoms with Gasteiger partial charge in [-0.3, -0.25) is 9.59 Å².